The third-order valence-electron chi connectivity index (χ3n) is 8.30. The lowest BCUT2D eigenvalue weighted by Crippen LogP contribution is -2.36. The number of benzene rings is 2. The van der Waals surface area contributed by atoms with E-state index in [0.29, 0.717) is 28.9 Å². The van der Waals surface area contributed by atoms with Crippen molar-refractivity contribution >= 4 is 55.8 Å². The quantitative estimate of drug-likeness (QED) is 0.208. The van der Waals surface area contributed by atoms with E-state index in [0.717, 1.165) is 63.9 Å². The van der Waals surface area contributed by atoms with Gasteiger partial charge in [-0.3, -0.25) is 9.69 Å². The van der Waals surface area contributed by atoms with Crippen LogP contribution in [-0.2, 0) is 7.05 Å². The molecule has 0 unspecified atom stereocenters. The van der Waals surface area contributed by atoms with Gasteiger partial charge in [0.15, 0.2) is 0 Å². The number of aryl methyl sites for hydroxylation is 1. The molecule has 0 aliphatic carbocycles. The number of nitrogens with zero attached hydrogens (tertiary/aromatic N) is 3. The number of nitrogen functional groups attached to an aromatic ring is 1. The number of ether oxygens (including phenoxy) is 1. The summed E-state index contributed by atoms with van der Waals surface area (Å²) in [6, 6.07) is 15.6. The SMILES string of the molecule is COc1cc(-c2csc3c(C=CCN4CCC(CN)CC4)cnc(N)c23)ccc1NC(=O)c1cc2ccccc2n1C. The van der Waals surface area contributed by atoms with Gasteiger partial charge in [-0.05, 0) is 73.6 Å². The summed E-state index contributed by atoms with van der Waals surface area (Å²) in [5.41, 5.74) is 17.4. The van der Waals surface area contributed by atoms with Crippen LogP contribution in [0.15, 0.2) is 66.2 Å². The van der Waals surface area contributed by atoms with Gasteiger partial charge < -0.3 is 26.1 Å². The van der Waals surface area contributed by atoms with Crippen molar-refractivity contribution < 1.29 is 9.53 Å². The van der Waals surface area contributed by atoms with E-state index in [9.17, 15) is 4.79 Å². The van der Waals surface area contributed by atoms with E-state index in [1.165, 1.54) is 12.8 Å². The standard InChI is InChI=1S/C33H36N6O2S/c1-38-27-8-4-3-6-23(27)16-28(38)33(40)37-26-10-9-22(17-29(26)41-2)25-20-42-31-24(19-36-32(35)30(25)31)7-5-13-39-14-11-21(18-34)12-15-39/h3-10,16-17,19-21H,11-15,18,34H2,1-2H3,(H2,35,36)(H,37,40). The van der Waals surface area contributed by atoms with E-state index in [2.05, 4.69) is 32.7 Å². The lowest BCUT2D eigenvalue weighted by Gasteiger charge is -2.30. The number of methoxy groups -OCH3 is 1. The van der Waals surface area contributed by atoms with Crippen LogP contribution in [0.4, 0.5) is 11.5 Å². The summed E-state index contributed by atoms with van der Waals surface area (Å²) in [5, 5.41) is 7.09. The van der Waals surface area contributed by atoms with Gasteiger partial charge in [0.25, 0.3) is 5.91 Å². The van der Waals surface area contributed by atoms with Crippen LogP contribution in [0.1, 0.15) is 28.9 Å². The van der Waals surface area contributed by atoms with E-state index in [1.54, 1.807) is 18.4 Å². The average Bonchev–Trinajstić information content (AvgIpc) is 3.62. The molecule has 3 aromatic heterocycles. The van der Waals surface area contributed by atoms with Crippen LogP contribution < -0.4 is 21.5 Å². The zero-order valence-corrected chi connectivity index (χ0v) is 24.8. The molecule has 0 atom stereocenters. The second-order valence-electron chi connectivity index (χ2n) is 10.9. The summed E-state index contributed by atoms with van der Waals surface area (Å²) in [4.78, 5) is 20.2. The predicted octanol–water partition coefficient (Wildman–Crippen LogP) is 5.98. The van der Waals surface area contributed by atoms with Crippen LogP contribution in [0.2, 0.25) is 0 Å². The molecule has 1 aliphatic rings. The second-order valence-corrected chi connectivity index (χ2v) is 11.7. The number of aromatic nitrogens is 2. The number of hydrogen-bond acceptors (Lipinski definition) is 7. The highest BCUT2D eigenvalue weighted by Gasteiger charge is 2.19. The zero-order valence-electron chi connectivity index (χ0n) is 24.0. The van der Waals surface area contributed by atoms with E-state index in [1.807, 2.05) is 66.3 Å². The average molecular weight is 581 g/mol. The van der Waals surface area contributed by atoms with Gasteiger partial charge in [0.1, 0.15) is 17.3 Å². The fourth-order valence-electron chi connectivity index (χ4n) is 5.81. The molecular formula is C33H36N6O2S. The van der Waals surface area contributed by atoms with E-state index in [-0.39, 0.29) is 5.91 Å². The molecular weight excluding hydrogens is 544 g/mol. The highest BCUT2D eigenvalue weighted by Crippen LogP contribution is 2.41. The number of thiophene rings is 1. The smallest absolute Gasteiger partial charge is 0.272 e. The summed E-state index contributed by atoms with van der Waals surface area (Å²) in [5.74, 6) is 1.52. The minimum atomic E-state index is -0.200. The van der Waals surface area contributed by atoms with Gasteiger partial charge in [0.2, 0.25) is 0 Å². The second kappa shape index (κ2) is 12.0. The Balaban J connectivity index is 1.23. The Kier molecular flexibility index (Phi) is 7.97. The number of carbonyl (C=O) groups excluding carboxylic acids is 1. The number of para-hydroxylation sites is 1. The minimum absolute atomic E-state index is 0.200. The van der Waals surface area contributed by atoms with Crippen molar-refractivity contribution in [1.82, 2.24) is 14.5 Å². The van der Waals surface area contributed by atoms with Gasteiger partial charge in [-0.1, -0.05) is 36.4 Å². The van der Waals surface area contributed by atoms with Gasteiger partial charge >= 0.3 is 0 Å². The van der Waals surface area contributed by atoms with Crippen molar-refractivity contribution in [2.24, 2.45) is 18.7 Å². The number of hydrogen-bond donors (Lipinski definition) is 3. The van der Waals surface area contributed by atoms with Gasteiger partial charge in [0, 0.05) is 51.9 Å². The molecule has 42 heavy (non-hydrogen) atoms. The van der Waals surface area contributed by atoms with E-state index in [4.69, 9.17) is 16.2 Å². The molecule has 8 nitrogen and oxygen atoms in total. The predicted molar refractivity (Wildman–Crippen MR) is 174 cm³/mol. The normalized spacial score (nSPS) is 14.7. The zero-order chi connectivity index (χ0) is 29.2. The first kappa shape index (κ1) is 28.0. The van der Waals surface area contributed by atoms with Gasteiger partial charge in [-0.15, -0.1) is 11.3 Å². The molecule has 216 valence electrons. The summed E-state index contributed by atoms with van der Waals surface area (Å²) < 4.78 is 8.71. The maximum absolute atomic E-state index is 13.2. The molecule has 1 aliphatic heterocycles. The first-order valence-electron chi connectivity index (χ1n) is 14.3. The monoisotopic (exact) mass is 580 g/mol. The highest BCUT2D eigenvalue weighted by molar-refractivity contribution is 7.18. The Morgan fingerprint density at radius 1 is 1.19 bits per heavy atom. The summed E-state index contributed by atoms with van der Waals surface area (Å²) in [7, 11) is 3.50. The molecule has 5 N–H and O–H groups in total. The first-order valence-corrected chi connectivity index (χ1v) is 15.1. The lowest BCUT2D eigenvalue weighted by atomic mass is 9.97. The third-order valence-corrected chi connectivity index (χ3v) is 9.33. The fourth-order valence-corrected chi connectivity index (χ4v) is 6.89. The van der Waals surface area contributed by atoms with Crippen molar-refractivity contribution in [2.45, 2.75) is 12.8 Å². The number of likely N-dealkylation sites (tertiary alicyclic amines) is 1. The highest BCUT2D eigenvalue weighted by atomic mass is 32.1. The summed E-state index contributed by atoms with van der Waals surface area (Å²) >= 11 is 1.66. The maximum Gasteiger partial charge on any atom is 0.272 e. The molecule has 0 spiro atoms. The Morgan fingerprint density at radius 2 is 2.00 bits per heavy atom. The third kappa shape index (κ3) is 5.38. The van der Waals surface area contributed by atoms with Gasteiger partial charge in [0.05, 0.1) is 12.8 Å². The van der Waals surface area contributed by atoms with Crippen LogP contribution >= 0.6 is 11.3 Å². The molecule has 5 aromatic rings. The molecule has 0 bridgehead atoms. The molecule has 4 heterocycles. The number of rotatable bonds is 8. The maximum atomic E-state index is 13.2. The molecule has 6 rings (SSSR count). The summed E-state index contributed by atoms with van der Waals surface area (Å²) in [6.07, 6.45) is 8.55. The molecule has 1 saturated heterocycles. The molecule has 0 saturated carbocycles. The number of pyridine rings is 1. The van der Waals surface area contributed by atoms with Crippen molar-refractivity contribution in [2.75, 3.05) is 44.3 Å². The summed E-state index contributed by atoms with van der Waals surface area (Å²) in [6.45, 7) is 3.87. The van der Waals surface area contributed by atoms with Gasteiger partial charge in [-0.25, -0.2) is 4.98 Å². The van der Waals surface area contributed by atoms with Gasteiger partial charge in [-0.2, -0.15) is 0 Å². The number of amides is 1. The Hall–Kier alpha value is -4.18. The van der Waals surface area contributed by atoms with Crippen LogP contribution in [0.25, 0.3) is 38.2 Å². The Bertz CT molecular complexity index is 1780. The molecule has 2 aromatic carbocycles. The number of carbonyl (C=O) groups is 1. The van der Waals surface area contributed by atoms with Crippen LogP contribution in [0, 0.1) is 5.92 Å². The number of nitrogens with one attached hydrogen (secondary N) is 1. The first-order chi connectivity index (χ1) is 20.5. The minimum Gasteiger partial charge on any atom is -0.495 e. The largest absolute Gasteiger partial charge is 0.495 e. The Labute approximate surface area is 249 Å². The number of piperidine rings is 1. The van der Waals surface area contributed by atoms with Crippen LogP contribution in [0.5, 0.6) is 5.75 Å². The topological polar surface area (TPSA) is 111 Å². The molecule has 1 fully saturated rings. The molecule has 0 radical (unpaired) electrons. The van der Waals surface area contributed by atoms with Crippen molar-refractivity contribution in [3.05, 3.63) is 77.4 Å². The number of anilines is 2. The van der Waals surface area contributed by atoms with Crippen LogP contribution in [0.3, 0.4) is 0 Å². The number of nitrogens with two attached hydrogens (primary N) is 2. The van der Waals surface area contributed by atoms with Crippen molar-refractivity contribution in [3.63, 3.8) is 0 Å². The fraction of sp³-hybridized carbons (Fsp3) is 0.273. The van der Waals surface area contributed by atoms with E-state index >= 15 is 0 Å². The van der Waals surface area contributed by atoms with Crippen molar-refractivity contribution in [3.8, 4) is 16.9 Å². The van der Waals surface area contributed by atoms with E-state index < -0.39 is 0 Å². The lowest BCUT2D eigenvalue weighted by molar-refractivity contribution is 0.101. The Morgan fingerprint density at radius 3 is 2.76 bits per heavy atom. The molecule has 9 heteroatoms. The number of fused-ring (bicyclic) bond motifs is 2. The molecule has 1 amide bonds. The van der Waals surface area contributed by atoms with Crippen molar-refractivity contribution in [1.29, 1.82) is 0 Å². The van der Waals surface area contributed by atoms with Crippen LogP contribution in [-0.4, -0.2) is 53.6 Å².